The maximum Gasteiger partial charge on any atom is 0.293 e. The van der Waals surface area contributed by atoms with E-state index in [1.165, 1.54) is 25.3 Å². The third kappa shape index (κ3) is 3.32. The van der Waals surface area contributed by atoms with Crippen LogP contribution in [-0.4, -0.2) is 25.0 Å². The first kappa shape index (κ1) is 15.3. The van der Waals surface area contributed by atoms with E-state index in [1.54, 1.807) is 31.3 Å². The lowest BCUT2D eigenvalue weighted by Crippen LogP contribution is -2.12. The molecule has 0 aliphatic rings. The van der Waals surface area contributed by atoms with Gasteiger partial charge in [-0.05, 0) is 24.3 Å². The topological polar surface area (TPSA) is 93.5 Å². The molecule has 0 heterocycles. The van der Waals surface area contributed by atoms with Crippen LogP contribution in [0.5, 0.6) is 5.75 Å². The predicted octanol–water partition coefficient (Wildman–Crippen LogP) is 2.90. The van der Waals surface area contributed by atoms with Crippen molar-refractivity contribution in [1.82, 2.24) is 0 Å². The van der Waals surface area contributed by atoms with Crippen LogP contribution in [-0.2, 0) is 0 Å². The number of nitro benzene ring substituents is 1. The molecule has 0 atom stereocenters. The molecule has 0 fully saturated rings. The van der Waals surface area contributed by atoms with Gasteiger partial charge in [-0.25, -0.2) is 0 Å². The maximum atomic E-state index is 12.2. The minimum Gasteiger partial charge on any atom is -0.497 e. The maximum absolute atomic E-state index is 12.2. The number of carbonyl (C=O) groups excluding carboxylic acids is 1. The Morgan fingerprint density at radius 3 is 2.64 bits per heavy atom. The van der Waals surface area contributed by atoms with E-state index in [0.717, 1.165) is 0 Å². The lowest BCUT2D eigenvalue weighted by molar-refractivity contribution is -0.384. The van der Waals surface area contributed by atoms with Gasteiger partial charge in [0.15, 0.2) is 0 Å². The molecular formula is C15H15N3O4. The summed E-state index contributed by atoms with van der Waals surface area (Å²) in [7, 11) is 3.11. The molecule has 1 amide bonds. The molecule has 0 radical (unpaired) electrons. The van der Waals surface area contributed by atoms with E-state index in [2.05, 4.69) is 10.6 Å². The number of nitro groups is 1. The van der Waals surface area contributed by atoms with Gasteiger partial charge in [0, 0.05) is 30.4 Å². The van der Waals surface area contributed by atoms with Crippen LogP contribution in [0.1, 0.15) is 10.4 Å². The smallest absolute Gasteiger partial charge is 0.293 e. The number of anilines is 2. The Bertz CT molecular complexity index is 716. The monoisotopic (exact) mass is 301 g/mol. The van der Waals surface area contributed by atoms with Crippen LogP contribution in [0.2, 0.25) is 0 Å². The minimum absolute atomic E-state index is 0.152. The third-order valence-corrected chi connectivity index (χ3v) is 3.05. The summed E-state index contributed by atoms with van der Waals surface area (Å²) in [6.07, 6.45) is 0. The fraction of sp³-hybridized carbons (Fsp3) is 0.133. The summed E-state index contributed by atoms with van der Waals surface area (Å²) in [6.45, 7) is 0. The number of hydrogen-bond donors (Lipinski definition) is 2. The standard InChI is InChI=1S/C15H15N3O4/c1-16-13-7-6-10(8-14(13)18(20)21)15(19)17-11-4-3-5-12(9-11)22-2/h3-9,16H,1-2H3,(H,17,19). The van der Waals surface area contributed by atoms with Crippen LogP contribution in [0.15, 0.2) is 42.5 Å². The minimum atomic E-state index is -0.534. The van der Waals surface area contributed by atoms with Crippen LogP contribution in [0.25, 0.3) is 0 Å². The molecule has 2 aromatic rings. The molecule has 0 unspecified atom stereocenters. The number of carbonyl (C=O) groups is 1. The summed E-state index contributed by atoms with van der Waals surface area (Å²) in [4.78, 5) is 22.7. The molecule has 2 N–H and O–H groups in total. The molecular weight excluding hydrogens is 286 g/mol. The van der Waals surface area contributed by atoms with E-state index >= 15 is 0 Å². The average molecular weight is 301 g/mol. The van der Waals surface area contributed by atoms with E-state index in [-0.39, 0.29) is 11.3 Å². The van der Waals surface area contributed by atoms with E-state index in [1.807, 2.05) is 0 Å². The van der Waals surface area contributed by atoms with Gasteiger partial charge in [0.05, 0.1) is 12.0 Å². The van der Waals surface area contributed by atoms with Crippen molar-refractivity contribution in [2.75, 3.05) is 24.8 Å². The van der Waals surface area contributed by atoms with Gasteiger partial charge in [0.1, 0.15) is 11.4 Å². The summed E-state index contributed by atoms with van der Waals surface area (Å²) in [5, 5.41) is 16.4. The Morgan fingerprint density at radius 1 is 1.23 bits per heavy atom. The van der Waals surface area contributed by atoms with Crippen molar-refractivity contribution in [2.45, 2.75) is 0 Å². The number of nitrogens with one attached hydrogen (secondary N) is 2. The molecule has 0 saturated heterocycles. The van der Waals surface area contributed by atoms with Gasteiger partial charge in [0.2, 0.25) is 0 Å². The van der Waals surface area contributed by atoms with Crippen molar-refractivity contribution in [3.63, 3.8) is 0 Å². The Balaban J connectivity index is 2.25. The summed E-state index contributed by atoms with van der Waals surface area (Å²) < 4.78 is 5.07. The van der Waals surface area contributed by atoms with Crippen LogP contribution in [0, 0.1) is 10.1 Å². The number of hydrogen-bond acceptors (Lipinski definition) is 5. The second kappa shape index (κ2) is 6.57. The van der Waals surface area contributed by atoms with Gasteiger partial charge in [0.25, 0.3) is 11.6 Å². The quantitative estimate of drug-likeness (QED) is 0.654. The van der Waals surface area contributed by atoms with Crippen molar-refractivity contribution in [1.29, 1.82) is 0 Å². The van der Waals surface area contributed by atoms with Crippen LogP contribution in [0.3, 0.4) is 0 Å². The third-order valence-electron chi connectivity index (χ3n) is 3.05. The number of ether oxygens (including phenoxy) is 1. The fourth-order valence-corrected chi connectivity index (χ4v) is 1.94. The Morgan fingerprint density at radius 2 is 2.00 bits per heavy atom. The summed E-state index contributed by atoms with van der Waals surface area (Å²) >= 11 is 0. The molecule has 0 aromatic heterocycles. The van der Waals surface area contributed by atoms with Crippen molar-refractivity contribution in [3.05, 3.63) is 58.1 Å². The highest BCUT2D eigenvalue weighted by Gasteiger charge is 2.17. The van der Waals surface area contributed by atoms with Gasteiger partial charge in [-0.1, -0.05) is 6.07 Å². The van der Waals surface area contributed by atoms with Crippen molar-refractivity contribution < 1.29 is 14.5 Å². The van der Waals surface area contributed by atoms with Crippen LogP contribution >= 0.6 is 0 Å². The van der Waals surface area contributed by atoms with E-state index in [0.29, 0.717) is 17.1 Å². The van der Waals surface area contributed by atoms with Crippen molar-refractivity contribution in [3.8, 4) is 5.75 Å². The predicted molar refractivity (Wildman–Crippen MR) is 83.6 cm³/mol. The normalized spacial score (nSPS) is 9.91. The highest BCUT2D eigenvalue weighted by Crippen LogP contribution is 2.25. The molecule has 7 nitrogen and oxygen atoms in total. The van der Waals surface area contributed by atoms with Crippen LogP contribution < -0.4 is 15.4 Å². The SMILES string of the molecule is CNc1ccc(C(=O)Nc2cccc(OC)c2)cc1[N+](=O)[O-]. The zero-order chi connectivity index (χ0) is 16.1. The Labute approximate surface area is 127 Å². The van der Waals surface area contributed by atoms with E-state index in [9.17, 15) is 14.9 Å². The molecule has 2 rings (SSSR count). The molecule has 2 aromatic carbocycles. The number of nitrogens with zero attached hydrogens (tertiary/aromatic N) is 1. The van der Waals surface area contributed by atoms with Gasteiger partial charge in [-0.3, -0.25) is 14.9 Å². The first-order valence-electron chi connectivity index (χ1n) is 6.46. The lowest BCUT2D eigenvalue weighted by Gasteiger charge is -2.08. The summed E-state index contributed by atoms with van der Waals surface area (Å²) in [5.74, 6) is 0.174. The second-order valence-electron chi connectivity index (χ2n) is 4.43. The van der Waals surface area contributed by atoms with Crippen molar-refractivity contribution in [2.24, 2.45) is 0 Å². The molecule has 22 heavy (non-hydrogen) atoms. The Kier molecular flexibility index (Phi) is 4.57. The average Bonchev–Trinajstić information content (AvgIpc) is 2.54. The molecule has 0 bridgehead atoms. The highest BCUT2D eigenvalue weighted by atomic mass is 16.6. The van der Waals surface area contributed by atoms with Gasteiger partial charge in [-0.15, -0.1) is 0 Å². The van der Waals surface area contributed by atoms with Crippen molar-refractivity contribution >= 4 is 23.0 Å². The number of amides is 1. The summed E-state index contributed by atoms with van der Waals surface area (Å²) in [6, 6.07) is 11.1. The zero-order valence-electron chi connectivity index (χ0n) is 12.1. The Hall–Kier alpha value is -3.09. The largest absolute Gasteiger partial charge is 0.497 e. The second-order valence-corrected chi connectivity index (χ2v) is 4.43. The lowest BCUT2D eigenvalue weighted by atomic mass is 10.1. The first-order chi connectivity index (χ1) is 10.5. The zero-order valence-corrected chi connectivity index (χ0v) is 12.1. The van der Waals surface area contributed by atoms with E-state index in [4.69, 9.17) is 4.74 Å². The number of rotatable bonds is 5. The molecule has 0 spiro atoms. The number of methoxy groups -OCH3 is 1. The molecule has 0 aliphatic heterocycles. The first-order valence-corrected chi connectivity index (χ1v) is 6.46. The molecule has 0 aliphatic carbocycles. The van der Waals surface area contributed by atoms with E-state index < -0.39 is 10.8 Å². The summed E-state index contributed by atoms with van der Waals surface area (Å²) in [5.41, 5.74) is 0.946. The number of benzene rings is 2. The molecule has 114 valence electrons. The van der Waals surface area contributed by atoms with Gasteiger partial charge in [-0.2, -0.15) is 0 Å². The molecule has 7 heteroatoms. The molecule has 0 saturated carbocycles. The fourth-order valence-electron chi connectivity index (χ4n) is 1.94. The van der Waals surface area contributed by atoms with Crippen LogP contribution in [0.4, 0.5) is 17.1 Å². The van der Waals surface area contributed by atoms with Gasteiger partial charge >= 0.3 is 0 Å². The highest BCUT2D eigenvalue weighted by molar-refractivity contribution is 6.05. The van der Waals surface area contributed by atoms with Gasteiger partial charge < -0.3 is 15.4 Å².